The van der Waals surface area contributed by atoms with Crippen LogP contribution in [0.1, 0.15) is 22.0 Å². The van der Waals surface area contributed by atoms with E-state index in [0.29, 0.717) is 22.5 Å². The number of anilines is 1. The van der Waals surface area contributed by atoms with Crippen LogP contribution >= 0.6 is 0 Å². The van der Waals surface area contributed by atoms with Crippen LogP contribution in [0.15, 0.2) is 42.9 Å². The first-order chi connectivity index (χ1) is 16.4. The van der Waals surface area contributed by atoms with E-state index in [9.17, 15) is 35.5 Å². The Labute approximate surface area is 191 Å². The number of hydrogen-bond donors (Lipinski definition) is 1. The summed E-state index contributed by atoms with van der Waals surface area (Å²) < 4.78 is 99.2. The Balaban J connectivity index is 1.74. The summed E-state index contributed by atoms with van der Waals surface area (Å²) in [5.74, 6) is -4.76. The van der Waals surface area contributed by atoms with Gasteiger partial charge in [0.05, 0.1) is 29.1 Å². The van der Waals surface area contributed by atoms with Crippen LogP contribution < -0.4 is 10.5 Å². The fourth-order valence-corrected chi connectivity index (χ4v) is 3.64. The maximum absolute atomic E-state index is 14.8. The van der Waals surface area contributed by atoms with Gasteiger partial charge in [-0.2, -0.15) is 0 Å². The predicted molar refractivity (Wildman–Crippen MR) is 109 cm³/mol. The van der Waals surface area contributed by atoms with E-state index >= 15 is 0 Å². The highest BCUT2D eigenvalue weighted by atomic mass is 19.4. The average Bonchev–Trinajstić information content (AvgIpc) is 3.24. The molecule has 0 aliphatic carbocycles. The van der Waals surface area contributed by atoms with Crippen molar-refractivity contribution in [3.05, 3.63) is 65.6 Å². The van der Waals surface area contributed by atoms with Crippen LogP contribution in [0.25, 0.3) is 16.6 Å². The summed E-state index contributed by atoms with van der Waals surface area (Å²) in [6, 6.07) is 1.21. The van der Waals surface area contributed by atoms with E-state index in [4.69, 9.17) is 5.73 Å². The van der Waals surface area contributed by atoms with E-state index < -0.39 is 53.2 Å². The van der Waals surface area contributed by atoms with Gasteiger partial charge in [0, 0.05) is 24.7 Å². The molecule has 35 heavy (non-hydrogen) atoms. The fraction of sp³-hybridized carbons (Fsp3) is 0.190. The first-order valence-electron chi connectivity index (χ1n) is 9.68. The highest BCUT2D eigenvalue weighted by Crippen LogP contribution is 2.33. The number of benzene rings is 2. The molecule has 1 amide bonds. The normalized spacial score (nSPS) is 12.9. The SMILES string of the molecule is CN(C(=O)c1cc2c(cc1F)nc(N)c1cncn12)[C@@H](c1ccc(OC(F)(F)F)cc1F)C(F)F. The molecule has 2 heterocycles. The molecule has 0 bridgehead atoms. The van der Waals surface area contributed by atoms with E-state index in [2.05, 4.69) is 14.7 Å². The third-order valence-corrected chi connectivity index (χ3v) is 5.20. The second kappa shape index (κ2) is 8.60. The number of carbonyl (C=O) groups excluding carboxylic acids is 1. The monoisotopic (exact) mass is 501 g/mol. The Morgan fingerprint density at radius 3 is 2.46 bits per heavy atom. The molecule has 0 saturated heterocycles. The van der Waals surface area contributed by atoms with Crippen molar-refractivity contribution in [1.82, 2.24) is 19.3 Å². The van der Waals surface area contributed by atoms with Crippen LogP contribution in [-0.2, 0) is 0 Å². The highest BCUT2D eigenvalue weighted by Gasteiger charge is 2.35. The summed E-state index contributed by atoms with van der Waals surface area (Å²) in [6.07, 6.45) is -5.80. The molecule has 184 valence electrons. The van der Waals surface area contributed by atoms with Gasteiger partial charge in [0.25, 0.3) is 12.3 Å². The number of hydrogen-bond acceptors (Lipinski definition) is 5. The molecule has 0 aliphatic heterocycles. The zero-order valence-electron chi connectivity index (χ0n) is 17.5. The highest BCUT2D eigenvalue weighted by molar-refractivity contribution is 5.98. The molecule has 14 heteroatoms. The topological polar surface area (TPSA) is 85.8 Å². The Hall–Kier alpha value is -4.10. The minimum absolute atomic E-state index is 0.0387. The van der Waals surface area contributed by atoms with Crippen LogP contribution in [0.5, 0.6) is 5.75 Å². The number of imidazole rings is 1. The number of alkyl halides is 5. The zero-order valence-corrected chi connectivity index (χ0v) is 17.5. The maximum atomic E-state index is 14.8. The van der Waals surface area contributed by atoms with Crippen molar-refractivity contribution in [2.45, 2.75) is 18.8 Å². The molecule has 4 aromatic rings. The molecule has 7 nitrogen and oxygen atoms in total. The van der Waals surface area contributed by atoms with Gasteiger partial charge in [-0.3, -0.25) is 9.20 Å². The first kappa shape index (κ1) is 24.0. The lowest BCUT2D eigenvalue weighted by Crippen LogP contribution is -2.36. The lowest BCUT2D eigenvalue weighted by atomic mass is 10.0. The van der Waals surface area contributed by atoms with Crippen molar-refractivity contribution in [1.29, 1.82) is 0 Å². The van der Waals surface area contributed by atoms with Crippen molar-refractivity contribution >= 4 is 28.3 Å². The molecule has 0 saturated carbocycles. The molecule has 0 radical (unpaired) electrons. The second-order valence-electron chi connectivity index (χ2n) is 7.39. The Bertz CT molecular complexity index is 1440. The molecule has 0 unspecified atom stereocenters. The minimum Gasteiger partial charge on any atom is -0.406 e. The Kier molecular flexibility index (Phi) is 5.90. The molecular formula is C21H14F7N5O2. The van der Waals surface area contributed by atoms with Gasteiger partial charge in [0.2, 0.25) is 0 Å². The second-order valence-corrected chi connectivity index (χ2v) is 7.39. The van der Waals surface area contributed by atoms with E-state index in [1.54, 1.807) is 0 Å². The van der Waals surface area contributed by atoms with Crippen LogP contribution in [0, 0.1) is 11.6 Å². The smallest absolute Gasteiger partial charge is 0.406 e. The number of nitrogens with zero attached hydrogens (tertiary/aromatic N) is 4. The van der Waals surface area contributed by atoms with E-state index in [1.807, 2.05) is 0 Å². The molecule has 4 rings (SSSR count). The molecule has 0 aliphatic rings. The number of ether oxygens (including phenoxy) is 1. The summed E-state index contributed by atoms with van der Waals surface area (Å²) in [5, 5.41) is 0. The van der Waals surface area contributed by atoms with Gasteiger partial charge < -0.3 is 15.4 Å². The summed E-state index contributed by atoms with van der Waals surface area (Å²) in [6.45, 7) is 0. The number of carbonyl (C=O) groups is 1. The van der Waals surface area contributed by atoms with Crippen molar-refractivity contribution in [2.24, 2.45) is 0 Å². The van der Waals surface area contributed by atoms with E-state index in [-0.39, 0.29) is 22.9 Å². The van der Waals surface area contributed by atoms with Crippen LogP contribution in [0.4, 0.5) is 36.6 Å². The Morgan fingerprint density at radius 2 is 1.83 bits per heavy atom. The third kappa shape index (κ3) is 4.50. The fourth-order valence-electron chi connectivity index (χ4n) is 3.64. The number of rotatable bonds is 5. The van der Waals surface area contributed by atoms with Crippen LogP contribution in [0.2, 0.25) is 0 Å². The lowest BCUT2D eigenvalue weighted by Gasteiger charge is -2.28. The number of halogens is 7. The van der Waals surface area contributed by atoms with Gasteiger partial charge in [-0.25, -0.2) is 27.5 Å². The molecule has 1 atom stereocenters. The van der Waals surface area contributed by atoms with Crippen LogP contribution in [0.3, 0.4) is 0 Å². The number of fused-ring (bicyclic) bond motifs is 3. The van der Waals surface area contributed by atoms with Gasteiger partial charge in [0.1, 0.15) is 34.8 Å². The molecule has 0 fully saturated rings. The van der Waals surface area contributed by atoms with Crippen LogP contribution in [-0.4, -0.2) is 45.0 Å². The van der Waals surface area contributed by atoms with E-state index in [1.165, 1.54) is 16.9 Å². The number of aromatic nitrogens is 3. The first-order valence-corrected chi connectivity index (χ1v) is 9.68. The maximum Gasteiger partial charge on any atom is 0.573 e. The number of nitrogen functional groups attached to an aromatic ring is 1. The van der Waals surface area contributed by atoms with Gasteiger partial charge in [0.15, 0.2) is 0 Å². The Morgan fingerprint density at radius 1 is 1.11 bits per heavy atom. The quantitative estimate of drug-likeness (QED) is 0.400. The number of nitrogens with two attached hydrogens (primary N) is 1. The summed E-state index contributed by atoms with van der Waals surface area (Å²) in [7, 11) is 0.885. The van der Waals surface area contributed by atoms with Crippen molar-refractivity contribution in [3.63, 3.8) is 0 Å². The lowest BCUT2D eigenvalue weighted by molar-refractivity contribution is -0.274. The predicted octanol–water partition coefficient (Wildman–Crippen LogP) is 4.72. The minimum atomic E-state index is -5.13. The van der Waals surface area contributed by atoms with Gasteiger partial charge in [-0.05, 0) is 12.1 Å². The molecule has 2 N–H and O–H groups in total. The molecule has 0 spiro atoms. The van der Waals surface area contributed by atoms with Gasteiger partial charge in [-0.15, -0.1) is 13.2 Å². The summed E-state index contributed by atoms with van der Waals surface area (Å²) >= 11 is 0. The van der Waals surface area contributed by atoms with Crippen molar-refractivity contribution < 1.29 is 40.3 Å². The summed E-state index contributed by atoms with van der Waals surface area (Å²) in [4.78, 5) is 21.4. The average molecular weight is 501 g/mol. The standard InChI is InChI=1S/C21H14F7N5O2/c1-32(17(18(24)25)10-3-2-9(4-12(10)22)35-21(26,27)28)20(34)11-5-15-14(6-13(11)23)31-19(29)16-7-30-8-33(15)16/h2-8,17-18H,1H3,(H2,29,31)/t17-/m0/s1. The van der Waals surface area contributed by atoms with Crippen molar-refractivity contribution in [2.75, 3.05) is 12.8 Å². The number of amides is 1. The van der Waals surface area contributed by atoms with E-state index in [0.717, 1.165) is 19.2 Å². The van der Waals surface area contributed by atoms with Crippen molar-refractivity contribution in [3.8, 4) is 5.75 Å². The van der Waals surface area contributed by atoms with Gasteiger partial charge in [-0.1, -0.05) is 6.07 Å². The van der Waals surface area contributed by atoms with Gasteiger partial charge >= 0.3 is 6.36 Å². The largest absolute Gasteiger partial charge is 0.573 e. The molecular weight excluding hydrogens is 487 g/mol. The third-order valence-electron chi connectivity index (χ3n) is 5.20. The summed E-state index contributed by atoms with van der Waals surface area (Å²) in [5.41, 5.74) is 4.97. The molecule has 2 aromatic carbocycles. The zero-order chi connectivity index (χ0) is 25.7. The molecule has 2 aromatic heterocycles.